The van der Waals surface area contributed by atoms with Gasteiger partial charge in [0.15, 0.2) is 6.29 Å². The van der Waals surface area contributed by atoms with Gasteiger partial charge in [-0.1, -0.05) is 11.6 Å². The molecule has 0 aliphatic carbocycles. The molecule has 3 aromatic rings. The SMILES string of the molecule is Cc1c(Br)cncc1COc1cc(OCc2cncc(C#N)c2)c(C=O)cc1Cl. The molecule has 0 atom stereocenters. The molecule has 0 aliphatic heterocycles. The van der Waals surface area contributed by atoms with E-state index in [1.165, 1.54) is 12.3 Å². The average molecular weight is 473 g/mol. The van der Waals surface area contributed by atoms with Crippen molar-refractivity contribution < 1.29 is 14.3 Å². The summed E-state index contributed by atoms with van der Waals surface area (Å²) in [7, 11) is 0. The smallest absolute Gasteiger partial charge is 0.153 e. The van der Waals surface area contributed by atoms with Gasteiger partial charge in [0.2, 0.25) is 0 Å². The van der Waals surface area contributed by atoms with Gasteiger partial charge in [-0.15, -0.1) is 0 Å². The van der Waals surface area contributed by atoms with Crippen molar-refractivity contribution in [3.8, 4) is 17.6 Å². The third-order valence-corrected chi connectivity index (χ3v) is 5.25. The van der Waals surface area contributed by atoms with Gasteiger partial charge >= 0.3 is 0 Å². The average Bonchev–Trinajstić information content (AvgIpc) is 2.74. The minimum absolute atomic E-state index is 0.138. The third-order valence-electron chi connectivity index (χ3n) is 4.15. The van der Waals surface area contributed by atoms with Crippen LogP contribution in [-0.4, -0.2) is 16.3 Å². The highest BCUT2D eigenvalue weighted by Gasteiger charge is 2.13. The largest absolute Gasteiger partial charge is 0.488 e. The van der Waals surface area contributed by atoms with Gasteiger partial charge < -0.3 is 9.47 Å². The molecule has 2 aromatic heterocycles. The van der Waals surface area contributed by atoms with E-state index in [9.17, 15) is 4.79 Å². The molecular weight excluding hydrogens is 458 g/mol. The molecular formula is C21H15BrClN3O3. The van der Waals surface area contributed by atoms with E-state index in [0.717, 1.165) is 15.6 Å². The van der Waals surface area contributed by atoms with Crippen LogP contribution in [0.2, 0.25) is 5.02 Å². The Labute approximate surface area is 181 Å². The summed E-state index contributed by atoms with van der Waals surface area (Å²) in [6, 6.07) is 6.77. The first kappa shape index (κ1) is 20.8. The highest BCUT2D eigenvalue weighted by molar-refractivity contribution is 9.10. The van der Waals surface area contributed by atoms with Crippen LogP contribution in [0.25, 0.3) is 0 Å². The van der Waals surface area contributed by atoms with Crippen LogP contribution < -0.4 is 9.47 Å². The third kappa shape index (κ3) is 5.11. The van der Waals surface area contributed by atoms with E-state index in [0.29, 0.717) is 39.5 Å². The number of aromatic nitrogens is 2. The number of halogens is 2. The predicted molar refractivity (Wildman–Crippen MR) is 111 cm³/mol. The van der Waals surface area contributed by atoms with E-state index in [4.69, 9.17) is 26.3 Å². The summed E-state index contributed by atoms with van der Waals surface area (Å²) in [6.07, 6.45) is 7.16. The number of ether oxygens (including phenoxy) is 2. The zero-order valence-corrected chi connectivity index (χ0v) is 17.7. The van der Waals surface area contributed by atoms with Crippen LogP contribution in [0.4, 0.5) is 0 Å². The van der Waals surface area contributed by atoms with Crippen LogP contribution in [0, 0.1) is 18.3 Å². The highest BCUT2D eigenvalue weighted by atomic mass is 79.9. The lowest BCUT2D eigenvalue weighted by atomic mass is 10.2. The zero-order valence-electron chi connectivity index (χ0n) is 15.4. The Morgan fingerprint density at radius 3 is 2.62 bits per heavy atom. The second kappa shape index (κ2) is 9.50. The fourth-order valence-corrected chi connectivity index (χ4v) is 3.11. The number of pyridine rings is 2. The lowest BCUT2D eigenvalue weighted by Gasteiger charge is -2.14. The Kier molecular flexibility index (Phi) is 6.81. The number of benzene rings is 1. The first-order valence-corrected chi connectivity index (χ1v) is 9.66. The van der Waals surface area contributed by atoms with Crippen molar-refractivity contribution in [1.29, 1.82) is 5.26 Å². The topological polar surface area (TPSA) is 85.1 Å². The summed E-state index contributed by atoms with van der Waals surface area (Å²) in [5, 5.41) is 9.27. The van der Waals surface area contributed by atoms with E-state index < -0.39 is 0 Å². The van der Waals surface area contributed by atoms with Crippen LogP contribution in [0.15, 0.2) is 47.5 Å². The molecule has 8 heteroatoms. The molecule has 0 amide bonds. The number of nitrogens with zero attached hydrogens (tertiary/aromatic N) is 3. The lowest BCUT2D eigenvalue weighted by Crippen LogP contribution is -2.03. The Hall–Kier alpha value is -2.95. The predicted octanol–water partition coefficient (Wildman–Crippen LogP) is 5.04. The summed E-state index contributed by atoms with van der Waals surface area (Å²) in [4.78, 5) is 19.6. The monoisotopic (exact) mass is 471 g/mol. The molecule has 0 saturated heterocycles. The maximum atomic E-state index is 11.4. The minimum Gasteiger partial charge on any atom is -0.488 e. The Bertz CT molecular complexity index is 1100. The molecule has 29 heavy (non-hydrogen) atoms. The van der Waals surface area contributed by atoms with Gasteiger partial charge in [-0.25, -0.2) is 0 Å². The number of nitriles is 1. The Balaban J connectivity index is 1.79. The van der Waals surface area contributed by atoms with Crippen LogP contribution >= 0.6 is 27.5 Å². The normalized spacial score (nSPS) is 10.3. The van der Waals surface area contributed by atoms with E-state index in [2.05, 4.69) is 25.9 Å². The van der Waals surface area contributed by atoms with E-state index in [1.54, 1.807) is 30.7 Å². The standard InChI is InChI=1S/C21H15BrClN3O3/c1-13-17(8-26-9-18(13)22)12-29-21-4-20(16(10-27)3-19(21)23)28-11-15-2-14(5-24)6-25-7-15/h2-4,6-10H,11-12H2,1H3. The maximum Gasteiger partial charge on any atom is 0.153 e. The molecule has 0 saturated carbocycles. The van der Waals surface area contributed by atoms with Gasteiger partial charge in [0, 0.05) is 46.5 Å². The molecule has 0 N–H and O–H groups in total. The van der Waals surface area contributed by atoms with Crippen molar-refractivity contribution in [3.63, 3.8) is 0 Å². The lowest BCUT2D eigenvalue weighted by molar-refractivity contribution is 0.111. The van der Waals surface area contributed by atoms with Gasteiger partial charge in [-0.2, -0.15) is 5.26 Å². The molecule has 0 bridgehead atoms. The summed E-state index contributed by atoms with van der Waals surface area (Å²) < 4.78 is 12.5. The van der Waals surface area contributed by atoms with Crippen LogP contribution in [0.1, 0.15) is 32.6 Å². The maximum absolute atomic E-state index is 11.4. The van der Waals surface area contributed by atoms with Crippen molar-refractivity contribution >= 4 is 33.8 Å². The van der Waals surface area contributed by atoms with E-state index in [1.807, 2.05) is 13.0 Å². The second-order valence-corrected chi connectivity index (χ2v) is 7.38. The summed E-state index contributed by atoms with van der Waals surface area (Å²) in [6.45, 7) is 2.35. The molecule has 2 heterocycles. The number of rotatable bonds is 7. The number of hydrogen-bond acceptors (Lipinski definition) is 6. The molecule has 0 unspecified atom stereocenters. The number of carbonyl (C=O) groups is 1. The molecule has 0 spiro atoms. The second-order valence-electron chi connectivity index (χ2n) is 6.11. The number of carbonyl (C=O) groups excluding carboxylic acids is 1. The highest BCUT2D eigenvalue weighted by Crippen LogP contribution is 2.33. The van der Waals surface area contributed by atoms with Gasteiger partial charge in [-0.3, -0.25) is 14.8 Å². The summed E-state index contributed by atoms with van der Waals surface area (Å²) in [5.74, 6) is 0.710. The summed E-state index contributed by atoms with van der Waals surface area (Å²) in [5.41, 5.74) is 3.35. The Morgan fingerprint density at radius 2 is 1.86 bits per heavy atom. The molecule has 3 rings (SSSR count). The van der Waals surface area contributed by atoms with Crippen molar-refractivity contribution in [1.82, 2.24) is 9.97 Å². The summed E-state index contributed by atoms with van der Waals surface area (Å²) >= 11 is 9.71. The molecule has 0 fully saturated rings. The quantitative estimate of drug-likeness (QED) is 0.448. The van der Waals surface area contributed by atoms with Crippen molar-refractivity contribution in [2.45, 2.75) is 20.1 Å². The van der Waals surface area contributed by atoms with Crippen molar-refractivity contribution in [3.05, 3.63) is 80.3 Å². The zero-order chi connectivity index (χ0) is 20.8. The number of hydrogen-bond donors (Lipinski definition) is 0. The Morgan fingerprint density at radius 1 is 1.10 bits per heavy atom. The fourth-order valence-electron chi connectivity index (χ4n) is 2.51. The van der Waals surface area contributed by atoms with Crippen molar-refractivity contribution in [2.24, 2.45) is 0 Å². The minimum atomic E-state index is 0.138. The van der Waals surface area contributed by atoms with Crippen LogP contribution in [0.5, 0.6) is 11.5 Å². The van der Waals surface area contributed by atoms with Crippen molar-refractivity contribution in [2.75, 3.05) is 0 Å². The first-order valence-electron chi connectivity index (χ1n) is 8.49. The van der Waals surface area contributed by atoms with Gasteiger partial charge in [0.25, 0.3) is 0 Å². The van der Waals surface area contributed by atoms with E-state index in [-0.39, 0.29) is 13.2 Å². The molecule has 0 radical (unpaired) electrons. The molecule has 146 valence electrons. The molecule has 1 aromatic carbocycles. The van der Waals surface area contributed by atoms with Crippen LogP contribution in [-0.2, 0) is 13.2 Å². The molecule has 6 nitrogen and oxygen atoms in total. The van der Waals surface area contributed by atoms with Crippen LogP contribution in [0.3, 0.4) is 0 Å². The van der Waals surface area contributed by atoms with Gasteiger partial charge in [0.1, 0.15) is 30.8 Å². The fraction of sp³-hybridized carbons (Fsp3) is 0.143. The molecule has 0 aliphatic rings. The van der Waals surface area contributed by atoms with Gasteiger partial charge in [-0.05, 0) is 40.5 Å². The van der Waals surface area contributed by atoms with E-state index >= 15 is 0 Å². The first-order chi connectivity index (χ1) is 14.0. The van der Waals surface area contributed by atoms with Gasteiger partial charge in [0.05, 0.1) is 16.1 Å². The number of aldehydes is 1.